The molecule has 0 aliphatic carbocycles. The summed E-state index contributed by atoms with van der Waals surface area (Å²) in [7, 11) is 0. The number of nitrogens with two attached hydrogens (primary N) is 1. The van der Waals surface area contributed by atoms with Crippen LogP contribution < -0.4 is 21.7 Å². The average Bonchev–Trinajstić information content (AvgIpc) is 2.83. The van der Waals surface area contributed by atoms with Gasteiger partial charge >= 0.3 is 0 Å². The predicted octanol–water partition coefficient (Wildman–Crippen LogP) is 3.29. The third-order valence-electron chi connectivity index (χ3n) is 6.29. The van der Waals surface area contributed by atoms with E-state index in [9.17, 15) is 0 Å². The van der Waals surface area contributed by atoms with Gasteiger partial charge in [0.15, 0.2) is 0 Å². The molecule has 0 bridgehead atoms. The Hall–Kier alpha value is -3.43. The van der Waals surface area contributed by atoms with Crippen LogP contribution in [0.1, 0.15) is 41.0 Å². The highest BCUT2D eigenvalue weighted by atomic mass is 16.5. The summed E-state index contributed by atoms with van der Waals surface area (Å²) in [5, 5.41) is 25.5. The normalized spacial score (nSPS) is 23.1. The number of aliphatic imine (C=N–C) groups is 1. The minimum atomic E-state index is 0.176. The van der Waals surface area contributed by atoms with Crippen LogP contribution in [0.5, 0.6) is 0 Å². The summed E-state index contributed by atoms with van der Waals surface area (Å²) in [5.74, 6) is 1.08. The van der Waals surface area contributed by atoms with E-state index in [1.165, 1.54) is 6.21 Å². The molecule has 0 aromatic carbocycles. The van der Waals surface area contributed by atoms with Gasteiger partial charge in [-0.1, -0.05) is 13.8 Å². The molecule has 200 valence electrons. The van der Waals surface area contributed by atoms with E-state index in [0.717, 1.165) is 60.7 Å². The number of dihydropyridines is 2. The second-order valence-electron chi connectivity index (χ2n) is 10.1. The SMILES string of the molecule is CC(N)=C(C=NCCCN1CC(C)OC(C)C1)C1=CNC2=CC=C(NC(=N)C=C(C=N)C(C)C)NC2=C1. The molecule has 1 fully saturated rings. The third-order valence-corrected chi connectivity index (χ3v) is 6.29. The lowest BCUT2D eigenvalue weighted by Crippen LogP contribution is -2.45. The maximum Gasteiger partial charge on any atom is 0.123 e. The third kappa shape index (κ3) is 8.30. The van der Waals surface area contributed by atoms with E-state index in [0.29, 0.717) is 11.5 Å². The lowest BCUT2D eigenvalue weighted by Gasteiger charge is -2.35. The van der Waals surface area contributed by atoms with Crippen molar-refractivity contribution < 1.29 is 4.74 Å². The highest BCUT2D eigenvalue weighted by molar-refractivity contribution is 5.97. The van der Waals surface area contributed by atoms with Gasteiger partial charge in [-0.15, -0.1) is 0 Å². The summed E-state index contributed by atoms with van der Waals surface area (Å²) in [6, 6.07) is 0. The van der Waals surface area contributed by atoms with Gasteiger partial charge in [-0.25, -0.2) is 0 Å². The maximum atomic E-state index is 8.25. The van der Waals surface area contributed by atoms with Crippen molar-refractivity contribution in [1.82, 2.24) is 20.9 Å². The molecule has 1 saturated heterocycles. The Balaban J connectivity index is 1.58. The first kappa shape index (κ1) is 28.1. The van der Waals surface area contributed by atoms with Gasteiger partial charge in [-0.05, 0) is 63.0 Å². The number of amidine groups is 1. The van der Waals surface area contributed by atoms with E-state index >= 15 is 0 Å². The number of rotatable bonds is 10. The summed E-state index contributed by atoms with van der Waals surface area (Å²) in [6.07, 6.45) is 14.2. The molecular formula is C28H42N8O. The van der Waals surface area contributed by atoms with E-state index in [4.69, 9.17) is 21.3 Å². The summed E-state index contributed by atoms with van der Waals surface area (Å²) in [4.78, 5) is 7.12. The van der Waals surface area contributed by atoms with Crippen molar-refractivity contribution in [2.45, 2.75) is 53.2 Å². The second-order valence-corrected chi connectivity index (χ2v) is 10.1. The van der Waals surface area contributed by atoms with Crippen molar-refractivity contribution in [3.63, 3.8) is 0 Å². The molecule has 3 aliphatic heterocycles. The lowest BCUT2D eigenvalue weighted by atomic mass is 10.0. The number of nitrogens with one attached hydrogen (secondary N) is 5. The highest BCUT2D eigenvalue weighted by Gasteiger charge is 2.21. The van der Waals surface area contributed by atoms with Gasteiger partial charge in [-0.2, -0.15) is 0 Å². The molecule has 0 saturated carbocycles. The lowest BCUT2D eigenvalue weighted by molar-refractivity contribution is -0.0679. The van der Waals surface area contributed by atoms with Crippen molar-refractivity contribution in [2.24, 2.45) is 16.6 Å². The van der Waals surface area contributed by atoms with Crippen LogP contribution in [0.4, 0.5) is 0 Å². The molecule has 9 heteroatoms. The molecule has 3 heterocycles. The van der Waals surface area contributed by atoms with E-state index in [1.807, 2.05) is 51.4 Å². The Labute approximate surface area is 221 Å². The first-order valence-electron chi connectivity index (χ1n) is 13.0. The Morgan fingerprint density at radius 2 is 2.00 bits per heavy atom. The van der Waals surface area contributed by atoms with Crippen LogP contribution in [-0.2, 0) is 4.74 Å². The van der Waals surface area contributed by atoms with Crippen molar-refractivity contribution in [1.29, 1.82) is 10.8 Å². The average molecular weight is 507 g/mol. The summed E-state index contributed by atoms with van der Waals surface area (Å²) in [6.45, 7) is 13.8. The van der Waals surface area contributed by atoms with Gasteiger partial charge in [0.2, 0.25) is 0 Å². The van der Waals surface area contributed by atoms with Gasteiger partial charge in [0, 0.05) is 61.7 Å². The summed E-state index contributed by atoms with van der Waals surface area (Å²) in [5.41, 5.74) is 11.3. The van der Waals surface area contributed by atoms with Crippen LogP contribution in [0.2, 0.25) is 0 Å². The predicted molar refractivity (Wildman–Crippen MR) is 152 cm³/mol. The molecule has 0 spiro atoms. The maximum absolute atomic E-state index is 8.25. The van der Waals surface area contributed by atoms with Crippen molar-refractivity contribution >= 4 is 18.3 Å². The summed E-state index contributed by atoms with van der Waals surface area (Å²) >= 11 is 0. The van der Waals surface area contributed by atoms with Gasteiger partial charge in [0.25, 0.3) is 0 Å². The zero-order valence-electron chi connectivity index (χ0n) is 22.7. The van der Waals surface area contributed by atoms with Crippen molar-refractivity contribution in [3.8, 4) is 0 Å². The molecule has 3 rings (SSSR count). The van der Waals surface area contributed by atoms with Crippen molar-refractivity contribution in [3.05, 3.63) is 70.1 Å². The van der Waals surface area contributed by atoms with Gasteiger partial charge in [-0.3, -0.25) is 15.3 Å². The standard InChI is InChI=1S/C28H42N8O/c1-18(2)22(13-29)12-27(31)35-28-8-7-25-26(34-28)11-23(14-33-25)24(21(5)30)15-32-9-6-10-36-16-19(3)37-20(4)17-36/h7-8,11-15,18-20,29,33-34H,6,9-10,16-17,30H2,1-5H3,(H2,31,35). The summed E-state index contributed by atoms with van der Waals surface area (Å²) < 4.78 is 5.81. The van der Waals surface area contributed by atoms with Gasteiger partial charge in [0.1, 0.15) is 11.7 Å². The van der Waals surface area contributed by atoms with Gasteiger partial charge < -0.3 is 31.8 Å². The van der Waals surface area contributed by atoms with E-state index < -0.39 is 0 Å². The van der Waals surface area contributed by atoms with E-state index in [1.54, 1.807) is 6.08 Å². The van der Waals surface area contributed by atoms with Crippen LogP contribution in [-0.4, -0.2) is 61.6 Å². The molecule has 0 aromatic heterocycles. The molecule has 2 unspecified atom stereocenters. The monoisotopic (exact) mass is 506 g/mol. The Bertz CT molecular complexity index is 1080. The number of hydrogen-bond donors (Lipinski definition) is 6. The first-order chi connectivity index (χ1) is 17.7. The highest BCUT2D eigenvalue weighted by Crippen LogP contribution is 2.23. The molecule has 0 radical (unpaired) electrons. The number of fused-ring (bicyclic) bond motifs is 1. The van der Waals surface area contributed by atoms with Crippen LogP contribution >= 0.6 is 0 Å². The smallest absolute Gasteiger partial charge is 0.123 e. The zero-order chi connectivity index (χ0) is 26.9. The first-order valence-corrected chi connectivity index (χ1v) is 13.0. The molecular weight excluding hydrogens is 464 g/mol. The molecule has 3 aliphatic rings. The topological polar surface area (TPSA) is 135 Å². The second kappa shape index (κ2) is 13.2. The molecule has 9 nitrogen and oxygen atoms in total. The van der Waals surface area contributed by atoms with Crippen LogP contribution in [0.3, 0.4) is 0 Å². The van der Waals surface area contributed by atoms with Crippen molar-refractivity contribution in [2.75, 3.05) is 26.2 Å². The molecule has 0 amide bonds. The fraction of sp³-hybridized carbons (Fsp3) is 0.464. The molecule has 7 N–H and O–H groups in total. The Morgan fingerprint density at radius 3 is 2.65 bits per heavy atom. The minimum absolute atomic E-state index is 0.176. The zero-order valence-corrected chi connectivity index (χ0v) is 22.7. The number of morpholine rings is 1. The van der Waals surface area contributed by atoms with Crippen LogP contribution in [0.15, 0.2) is 75.1 Å². The van der Waals surface area contributed by atoms with E-state index in [-0.39, 0.29) is 24.0 Å². The fourth-order valence-electron chi connectivity index (χ4n) is 4.47. The molecule has 0 aromatic rings. The number of allylic oxidation sites excluding steroid dienone is 7. The van der Waals surface area contributed by atoms with Crippen LogP contribution in [0.25, 0.3) is 0 Å². The Morgan fingerprint density at radius 1 is 1.27 bits per heavy atom. The largest absolute Gasteiger partial charge is 0.402 e. The number of hydrogen-bond acceptors (Lipinski definition) is 8. The number of ether oxygens (including phenoxy) is 1. The number of nitrogens with zero attached hydrogens (tertiary/aromatic N) is 2. The van der Waals surface area contributed by atoms with Gasteiger partial charge in [0.05, 0.1) is 23.6 Å². The molecule has 37 heavy (non-hydrogen) atoms. The molecule has 2 atom stereocenters. The van der Waals surface area contributed by atoms with Crippen LogP contribution in [0, 0.1) is 16.7 Å². The quantitative estimate of drug-likeness (QED) is 0.153. The van der Waals surface area contributed by atoms with E-state index in [2.05, 4.69) is 39.7 Å². The minimum Gasteiger partial charge on any atom is -0.402 e. The Kier molecular flexibility index (Phi) is 10.0. The fourth-order valence-corrected chi connectivity index (χ4v) is 4.47.